The van der Waals surface area contributed by atoms with Crippen molar-refractivity contribution in [3.05, 3.63) is 112 Å². The van der Waals surface area contributed by atoms with Crippen LogP contribution in [0.4, 0.5) is 0 Å². The lowest BCUT2D eigenvalue weighted by Gasteiger charge is -2.18. The van der Waals surface area contributed by atoms with Gasteiger partial charge in [0.25, 0.3) is 0 Å². The van der Waals surface area contributed by atoms with E-state index in [1.54, 1.807) is 6.92 Å². The molecule has 5 rings (SSSR count). The molecule has 0 amide bonds. The van der Waals surface area contributed by atoms with E-state index in [1.807, 2.05) is 42.5 Å². The third-order valence-electron chi connectivity index (χ3n) is 6.71. The Morgan fingerprint density at radius 3 is 2.69 bits per heavy atom. The van der Waals surface area contributed by atoms with E-state index in [-0.39, 0.29) is 5.78 Å². The summed E-state index contributed by atoms with van der Waals surface area (Å²) in [5.74, 6) is 2.23. The van der Waals surface area contributed by atoms with Crippen molar-refractivity contribution in [1.82, 2.24) is 4.98 Å². The molecule has 0 radical (unpaired) electrons. The second-order valence-electron chi connectivity index (χ2n) is 9.59. The van der Waals surface area contributed by atoms with Crippen LogP contribution in [0.25, 0.3) is 23.1 Å². The molecule has 36 heavy (non-hydrogen) atoms. The Bertz CT molecular complexity index is 1410. The maximum atomic E-state index is 12.1. The molecular formula is C32H30ClNOS. The number of thioether (sulfide) groups is 1. The van der Waals surface area contributed by atoms with Crippen LogP contribution < -0.4 is 0 Å². The molecule has 1 saturated carbocycles. The van der Waals surface area contributed by atoms with Crippen molar-refractivity contribution in [1.29, 1.82) is 0 Å². The first kappa shape index (κ1) is 24.8. The van der Waals surface area contributed by atoms with Gasteiger partial charge in [-0.15, -0.1) is 0 Å². The van der Waals surface area contributed by atoms with Crippen LogP contribution in [-0.4, -0.2) is 16.5 Å². The zero-order valence-electron chi connectivity index (χ0n) is 20.5. The van der Waals surface area contributed by atoms with Gasteiger partial charge in [-0.2, -0.15) is 11.8 Å². The van der Waals surface area contributed by atoms with E-state index in [2.05, 4.69) is 60.3 Å². The summed E-state index contributed by atoms with van der Waals surface area (Å²) < 4.78 is 0. The first-order valence-electron chi connectivity index (χ1n) is 12.6. The standard InChI is InChI=1S/C32H30ClNOS/c1-22(35)30-8-3-2-6-25(30)14-18-32(36-21-24-9-10-24)27-7-4-5-23(19-27)11-16-29-17-13-26-12-15-28(33)20-31(26)34-29/h2-8,11-13,15-17,19-20,24,32H,9-10,14,18,21H2,1H3/t32-/m1/s1. The molecule has 1 heterocycles. The number of aromatic nitrogens is 1. The number of benzene rings is 3. The third kappa shape index (κ3) is 6.46. The van der Waals surface area contributed by atoms with Crippen molar-refractivity contribution >= 4 is 52.2 Å². The summed E-state index contributed by atoms with van der Waals surface area (Å²) in [4.78, 5) is 16.8. The molecule has 1 aliphatic rings. The predicted octanol–water partition coefficient (Wildman–Crippen LogP) is 9.08. The van der Waals surface area contributed by atoms with Crippen molar-refractivity contribution < 1.29 is 4.79 Å². The SMILES string of the molecule is CC(=O)c1ccccc1CC[C@@H](SCC1CC1)c1cccc(C=Cc2ccc3ccc(Cl)cc3n2)c1. The lowest BCUT2D eigenvalue weighted by molar-refractivity contribution is 0.101. The fourth-order valence-corrected chi connectivity index (χ4v) is 6.12. The minimum absolute atomic E-state index is 0.143. The van der Waals surface area contributed by atoms with E-state index in [9.17, 15) is 4.79 Å². The number of carbonyl (C=O) groups excluding carboxylic acids is 1. The van der Waals surface area contributed by atoms with Crippen molar-refractivity contribution in [3.63, 3.8) is 0 Å². The van der Waals surface area contributed by atoms with Gasteiger partial charge >= 0.3 is 0 Å². The van der Waals surface area contributed by atoms with E-state index in [4.69, 9.17) is 16.6 Å². The number of ketones is 1. The van der Waals surface area contributed by atoms with Crippen molar-refractivity contribution in [3.8, 4) is 0 Å². The number of nitrogens with zero attached hydrogens (tertiary/aromatic N) is 1. The first-order valence-corrected chi connectivity index (χ1v) is 14.0. The number of hydrogen-bond donors (Lipinski definition) is 0. The molecule has 182 valence electrons. The average Bonchev–Trinajstić information content (AvgIpc) is 3.72. The Morgan fingerprint density at radius 1 is 1.03 bits per heavy atom. The van der Waals surface area contributed by atoms with Gasteiger partial charge in [0.1, 0.15) is 0 Å². The molecule has 4 aromatic rings. The molecule has 0 saturated heterocycles. The van der Waals surface area contributed by atoms with Crippen molar-refractivity contribution in [2.45, 2.75) is 37.9 Å². The molecule has 0 bridgehead atoms. The lowest BCUT2D eigenvalue weighted by atomic mass is 9.97. The molecule has 0 N–H and O–H groups in total. The highest BCUT2D eigenvalue weighted by molar-refractivity contribution is 7.99. The molecule has 0 spiro atoms. The monoisotopic (exact) mass is 511 g/mol. The number of rotatable bonds is 10. The molecule has 1 fully saturated rings. The minimum Gasteiger partial charge on any atom is -0.295 e. The van der Waals surface area contributed by atoms with Gasteiger partial charge in [-0.1, -0.05) is 78.3 Å². The van der Waals surface area contributed by atoms with Crippen molar-refractivity contribution in [2.24, 2.45) is 5.92 Å². The maximum Gasteiger partial charge on any atom is 0.160 e. The highest BCUT2D eigenvalue weighted by Crippen LogP contribution is 2.41. The van der Waals surface area contributed by atoms with Gasteiger partial charge < -0.3 is 0 Å². The summed E-state index contributed by atoms with van der Waals surface area (Å²) >= 11 is 8.22. The zero-order chi connectivity index (χ0) is 24.9. The number of hydrogen-bond acceptors (Lipinski definition) is 3. The average molecular weight is 512 g/mol. The largest absolute Gasteiger partial charge is 0.295 e. The quantitative estimate of drug-likeness (QED) is 0.199. The number of fused-ring (bicyclic) bond motifs is 1. The van der Waals surface area contributed by atoms with E-state index in [1.165, 1.54) is 29.7 Å². The van der Waals surface area contributed by atoms with Crippen LogP contribution in [0.3, 0.4) is 0 Å². The van der Waals surface area contributed by atoms with Crippen LogP contribution >= 0.6 is 23.4 Å². The van der Waals surface area contributed by atoms with Crippen LogP contribution in [0.5, 0.6) is 0 Å². The Labute approximate surface area is 222 Å². The third-order valence-corrected chi connectivity index (χ3v) is 8.52. The summed E-state index contributed by atoms with van der Waals surface area (Å²) in [5.41, 5.74) is 6.34. The first-order chi connectivity index (χ1) is 17.5. The summed E-state index contributed by atoms with van der Waals surface area (Å²) in [6.07, 6.45) is 8.84. The second-order valence-corrected chi connectivity index (χ2v) is 11.3. The maximum absolute atomic E-state index is 12.1. The summed E-state index contributed by atoms with van der Waals surface area (Å²) in [7, 11) is 0. The molecule has 1 aliphatic carbocycles. The van der Waals surface area contributed by atoms with Gasteiger partial charge in [-0.25, -0.2) is 4.98 Å². The van der Waals surface area contributed by atoms with Crippen LogP contribution in [0.1, 0.15) is 64.2 Å². The topological polar surface area (TPSA) is 30.0 Å². The van der Waals surface area contributed by atoms with Gasteiger partial charge in [0.15, 0.2) is 5.78 Å². The molecule has 1 atom stereocenters. The zero-order valence-corrected chi connectivity index (χ0v) is 22.1. The van der Waals surface area contributed by atoms with Gasteiger partial charge in [0.05, 0.1) is 11.2 Å². The van der Waals surface area contributed by atoms with Gasteiger partial charge in [-0.3, -0.25) is 4.79 Å². The predicted molar refractivity (Wildman–Crippen MR) is 155 cm³/mol. The highest BCUT2D eigenvalue weighted by Gasteiger charge is 2.24. The van der Waals surface area contributed by atoms with E-state index in [0.29, 0.717) is 10.3 Å². The van der Waals surface area contributed by atoms with E-state index in [0.717, 1.165) is 46.5 Å². The van der Waals surface area contributed by atoms with Crippen LogP contribution in [0.15, 0.2) is 78.9 Å². The van der Waals surface area contributed by atoms with Crippen LogP contribution in [0, 0.1) is 5.92 Å². The van der Waals surface area contributed by atoms with Crippen LogP contribution in [0.2, 0.25) is 5.02 Å². The fourth-order valence-electron chi connectivity index (χ4n) is 4.49. The molecule has 1 aromatic heterocycles. The highest BCUT2D eigenvalue weighted by atomic mass is 35.5. The normalized spacial score (nSPS) is 14.4. The second kappa shape index (κ2) is 11.5. The summed E-state index contributed by atoms with van der Waals surface area (Å²) in [5, 5.41) is 2.19. The molecule has 2 nitrogen and oxygen atoms in total. The Morgan fingerprint density at radius 2 is 1.86 bits per heavy atom. The number of aryl methyl sites for hydroxylation is 1. The summed E-state index contributed by atoms with van der Waals surface area (Å²) in [6.45, 7) is 1.66. The molecule has 0 unspecified atom stereocenters. The summed E-state index contributed by atoms with van der Waals surface area (Å²) in [6, 6.07) is 26.8. The number of halogens is 1. The smallest absolute Gasteiger partial charge is 0.160 e. The lowest BCUT2D eigenvalue weighted by Crippen LogP contribution is -2.03. The fraction of sp³-hybridized carbons (Fsp3) is 0.250. The van der Waals surface area contributed by atoms with Gasteiger partial charge in [-0.05, 0) is 85.2 Å². The minimum atomic E-state index is 0.143. The van der Waals surface area contributed by atoms with Gasteiger partial charge in [0.2, 0.25) is 0 Å². The Balaban J connectivity index is 1.34. The van der Waals surface area contributed by atoms with Gasteiger partial charge in [0, 0.05) is 21.2 Å². The number of Topliss-reactive ketones (excluding diaryl/α,β-unsaturated/α-hetero) is 1. The van der Waals surface area contributed by atoms with E-state index < -0.39 is 0 Å². The Hall–Kier alpha value is -2.88. The van der Waals surface area contributed by atoms with Crippen molar-refractivity contribution in [2.75, 3.05) is 5.75 Å². The Kier molecular flexibility index (Phi) is 7.89. The molecule has 0 aliphatic heterocycles. The van der Waals surface area contributed by atoms with Crippen LogP contribution in [-0.2, 0) is 6.42 Å². The van der Waals surface area contributed by atoms with E-state index >= 15 is 0 Å². The molecule has 3 aromatic carbocycles. The molecular weight excluding hydrogens is 482 g/mol. The number of carbonyl (C=O) groups is 1. The number of pyridine rings is 1. The molecule has 4 heteroatoms.